The van der Waals surface area contributed by atoms with Gasteiger partial charge in [-0.3, -0.25) is 4.90 Å². The molecule has 1 fully saturated rings. The number of hydrogen-bond donors (Lipinski definition) is 1. The van der Waals surface area contributed by atoms with Gasteiger partial charge in [0.25, 0.3) is 0 Å². The van der Waals surface area contributed by atoms with Crippen molar-refractivity contribution in [1.82, 2.24) is 10.2 Å². The molecule has 18 heavy (non-hydrogen) atoms. The van der Waals surface area contributed by atoms with Crippen molar-refractivity contribution in [3.05, 3.63) is 23.2 Å². The standard InChI is InChI=1S/C15H26N2O/c1-6-15(5)10-17(8-7-16-15)12(3)14-9-11(2)18-13(14)4/h9,12,16H,6-8,10H2,1-5H3. The molecule has 0 spiro atoms. The molecule has 2 unspecified atom stereocenters. The molecule has 2 heterocycles. The van der Waals surface area contributed by atoms with Crippen molar-refractivity contribution in [3.8, 4) is 0 Å². The van der Waals surface area contributed by atoms with E-state index in [1.807, 2.05) is 6.92 Å². The van der Waals surface area contributed by atoms with Crippen LogP contribution in [0.1, 0.15) is 50.3 Å². The van der Waals surface area contributed by atoms with Gasteiger partial charge in [0.2, 0.25) is 0 Å². The second kappa shape index (κ2) is 5.06. The zero-order valence-electron chi connectivity index (χ0n) is 12.3. The molecule has 0 saturated carbocycles. The Bertz CT molecular complexity index is 413. The highest BCUT2D eigenvalue weighted by atomic mass is 16.3. The largest absolute Gasteiger partial charge is 0.466 e. The van der Waals surface area contributed by atoms with E-state index in [-0.39, 0.29) is 5.54 Å². The van der Waals surface area contributed by atoms with Gasteiger partial charge in [0.1, 0.15) is 11.5 Å². The highest BCUT2D eigenvalue weighted by Crippen LogP contribution is 2.29. The second-order valence-corrected chi connectivity index (χ2v) is 5.86. The van der Waals surface area contributed by atoms with Crippen LogP contribution >= 0.6 is 0 Å². The fourth-order valence-electron chi connectivity index (χ4n) is 2.91. The number of piperazine rings is 1. The predicted molar refractivity (Wildman–Crippen MR) is 74.9 cm³/mol. The molecule has 2 rings (SSSR count). The summed E-state index contributed by atoms with van der Waals surface area (Å²) < 4.78 is 5.66. The fraction of sp³-hybridized carbons (Fsp3) is 0.733. The number of rotatable bonds is 3. The summed E-state index contributed by atoms with van der Waals surface area (Å²) in [4.78, 5) is 2.57. The van der Waals surface area contributed by atoms with E-state index in [4.69, 9.17) is 4.42 Å². The molecule has 0 aromatic carbocycles. The first-order valence-electron chi connectivity index (χ1n) is 7.01. The van der Waals surface area contributed by atoms with E-state index in [1.165, 1.54) is 12.0 Å². The number of aryl methyl sites for hydroxylation is 2. The third-order valence-electron chi connectivity index (χ3n) is 4.36. The molecule has 1 aliphatic heterocycles. The van der Waals surface area contributed by atoms with Gasteiger partial charge in [0.15, 0.2) is 0 Å². The van der Waals surface area contributed by atoms with Crippen molar-refractivity contribution in [2.24, 2.45) is 0 Å². The van der Waals surface area contributed by atoms with Crippen LogP contribution in [0.2, 0.25) is 0 Å². The van der Waals surface area contributed by atoms with E-state index in [0.29, 0.717) is 6.04 Å². The molecule has 3 heteroatoms. The van der Waals surface area contributed by atoms with Crippen molar-refractivity contribution < 1.29 is 4.42 Å². The van der Waals surface area contributed by atoms with E-state index < -0.39 is 0 Å². The lowest BCUT2D eigenvalue weighted by Crippen LogP contribution is -2.58. The third-order valence-corrected chi connectivity index (χ3v) is 4.36. The monoisotopic (exact) mass is 250 g/mol. The molecule has 1 saturated heterocycles. The highest BCUT2D eigenvalue weighted by molar-refractivity contribution is 5.24. The molecule has 1 aliphatic rings. The Morgan fingerprint density at radius 3 is 2.78 bits per heavy atom. The average Bonchev–Trinajstić information content (AvgIpc) is 2.67. The molecule has 1 N–H and O–H groups in total. The SMILES string of the molecule is CCC1(C)CN(C(C)c2cc(C)oc2C)CCN1. The minimum absolute atomic E-state index is 0.249. The van der Waals surface area contributed by atoms with Gasteiger partial charge in [0, 0.05) is 36.8 Å². The zero-order valence-corrected chi connectivity index (χ0v) is 12.3. The van der Waals surface area contributed by atoms with Gasteiger partial charge < -0.3 is 9.73 Å². The first-order chi connectivity index (χ1) is 8.45. The van der Waals surface area contributed by atoms with Crippen LogP contribution in [0.25, 0.3) is 0 Å². The van der Waals surface area contributed by atoms with Crippen LogP contribution in [0.3, 0.4) is 0 Å². The summed E-state index contributed by atoms with van der Waals surface area (Å²) >= 11 is 0. The van der Waals surface area contributed by atoms with Gasteiger partial charge in [-0.15, -0.1) is 0 Å². The number of nitrogens with zero attached hydrogens (tertiary/aromatic N) is 1. The summed E-state index contributed by atoms with van der Waals surface area (Å²) in [5.41, 5.74) is 1.59. The number of furan rings is 1. The lowest BCUT2D eigenvalue weighted by Gasteiger charge is -2.43. The predicted octanol–water partition coefficient (Wildman–Crippen LogP) is 3.03. The van der Waals surface area contributed by atoms with Crippen molar-refractivity contribution in [1.29, 1.82) is 0 Å². The molecular formula is C15H26N2O. The van der Waals surface area contributed by atoms with Gasteiger partial charge in [-0.05, 0) is 40.2 Å². The Labute approximate surface area is 111 Å². The summed E-state index contributed by atoms with van der Waals surface area (Å²) in [7, 11) is 0. The smallest absolute Gasteiger partial charge is 0.105 e. The Balaban J connectivity index is 2.14. The molecule has 2 atom stereocenters. The molecule has 1 aromatic rings. The van der Waals surface area contributed by atoms with Crippen molar-refractivity contribution >= 4 is 0 Å². The van der Waals surface area contributed by atoms with Crippen LogP contribution in [0, 0.1) is 13.8 Å². The van der Waals surface area contributed by atoms with Crippen molar-refractivity contribution in [2.75, 3.05) is 19.6 Å². The van der Waals surface area contributed by atoms with Gasteiger partial charge in [-0.25, -0.2) is 0 Å². The molecule has 0 bridgehead atoms. The fourth-order valence-corrected chi connectivity index (χ4v) is 2.91. The number of hydrogen-bond acceptors (Lipinski definition) is 3. The van der Waals surface area contributed by atoms with Crippen LogP contribution in [0.4, 0.5) is 0 Å². The summed E-state index contributed by atoms with van der Waals surface area (Å²) in [6, 6.07) is 2.63. The Morgan fingerprint density at radius 1 is 1.50 bits per heavy atom. The molecular weight excluding hydrogens is 224 g/mol. The molecule has 1 aromatic heterocycles. The van der Waals surface area contributed by atoms with Crippen molar-refractivity contribution in [2.45, 2.75) is 52.6 Å². The quantitative estimate of drug-likeness (QED) is 0.894. The van der Waals surface area contributed by atoms with Crippen LogP contribution in [-0.2, 0) is 0 Å². The average molecular weight is 250 g/mol. The maximum Gasteiger partial charge on any atom is 0.105 e. The van der Waals surface area contributed by atoms with Crippen LogP contribution in [0.5, 0.6) is 0 Å². The molecule has 102 valence electrons. The highest BCUT2D eigenvalue weighted by Gasteiger charge is 2.32. The summed E-state index contributed by atoms with van der Waals surface area (Å²) in [6.07, 6.45) is 1.17. The molecule has 0 aliphatic carbocycles. The Kier molecular flexibility index (Phi) is 3.83. The molecule has 0 amide bonds. The van der Waals surface area contributed by atoms with Crippen LogP contribution in [0.15, 0.2) is 10.5 Å². The maximum atomic E-state index is 5.66. The molecule has 0 radical (unpaired) electrons. The molecule has 3 nitrogen and oxygen atoms in total. The first-order valence-corrected chi connectivity index (χ1v) is 7.01. The Morgan fingerprint density at radius 2 is 2.22 bits per heavy atom. The summed E-state index contributed by atoms with van der Waals surface area (Å²) in [6.45, 7) is 14.3. The van der Waals surface area contributed by atoms with Gasteiger partial charge in [-0.1, -0.05) is 6.92 Å². The Hall–Kier alpha value is -0.800. The minimum Gasteiger partial charge on any atom is -0.466 e. The topological polar surface area (TPSA) is 28.4 Å². The normalized spacial score (nSPS) is 27.4. The van der Waals surface area contributed by atoms with E-state index >= 15 is 0 Å². The number of nitrogens with one attached hydrogen (secondary N) is 1. The van der Waals surface area contributed by atoms with E-state index in [2.05, 4.69) is 44.0 Å². The van der Waals surface area contributed by atoms with E-state index in [9.17, 15) is 0 Å². The lowest BCUT2D eigenvalue weighted by molar-refractivity contribution is 0.104. The van der Waals surface area contributed by atoms with Gasteiger partial charge >= 0.3 is 0 Å². The van der Waals surface area contributed by atoms with Gasteiger partial charge in [-0.2, -0.15) is 0 Å². The van der Waals surface area contributed by atoms with Gasteiger partial charge in [0.05, 0.1) is 0 Å². The van der Waals surface area contributed by atoms with E-state index in [1.54, 1.807) is 0 Å². The van der Waals surface area contributed by atoms with E-state index in [0.717, 1.165) is 31.2 Å². The summed E-state index contributed by atoms with van der Waals surface area (Å²) in [5.74, 6) is 2.08. The maximum absolute atomic E-state index is 5.66. The van der Waals surface area contributed by atoms with Crippen LogP contribution in [-0.4, -0.2) is 30.1 Å². The first kappa shape index (κ1) is 13.6. The lowest BCUT2D eigenvalue weighted by atomic mass is 9.94. The van der Waals surface area contributed by atoms with Crippen LogP contribution < -0.4 is 5.32 Å². The summed E-state index contributed by atoms with van der Waals surface area (Å²) in [5, 5.41) is 3.64. The zero-order chi connectivity index (χ0) is 13.3. The third kappa shape index (κ3) is 2.62. The minimum atomic E-state index is 0.249. The second-order valence-electron chi connectivity index (χ2n) is 5.86. The van der Waals surface area contributed by atoms with Crippen molar-refractivity contribution in [3.63, 3.8) is 0 Å².